The molecule has 0 radical (unpaired) electrons. The normalized spacial score (nSPS) is 17.2. The second-order valence-electron chi connectivity index (χ2n) is 6.48. The molecular weight excluding hydrogens is 330 g/mol. The Hall–Kier alpha value is -2.80. The molecule has 0 aliphatic carbocycles. The van der Waals surface area contributed by atoms with Crippen LogP contribution in [0.2, 0.25) is 0 Å². The highest BCUT2D eigenvalue weighted by atomic mass is 16.3. The summed E-state index contributed by atoms with van der Waals surface area (Å²) in [5, 5.41) is 10.1. The van der Waals surface area contributed by atoms with Crippen LogP contribution in [0.25, 0.3) is 10.9 Å². The van der Waals surface area contributed by atoms with E-state index in [1.807, 2.05) is 31.2 Å². The summed E-state index contributed by atoms with van der Waals surface area (Å²) in [6.45, 7) is 2.85. The Bertz CT molecular complexity index is 1000. The lowest BCUT2D eigenvalue weighted by Crippen LogP contribution is -2.33. The molecule has 26 heavy (non-hydrogen) atoms. The molecule has 134 valence electrons. The van der Waals surface area contributed by atoms with Crippen molar-refractivity contribution in [1.29, 1.82) is 0 Å². The van der Waals surface area contributed by atoms with E-state index >= 15 is 0 Å². The van der Waals surface area contributed by atoms with Crippen molar-refractivity contribution >= 4 is 16.7 Å². The Morgan fingerprint density at radius 2 is 2.08 bits per heavy atom. The number of benzene rings is 1. The smallest absolute Gasteiger partial charge is 0.261 e. The van der Waals surface area contributed by atoms with Crippen molar-refractivity contribution in [1.82, 2.24) is 19.5 Å². The van der Waals surface area contributed by atoms with Gasteiger partial charge in [0.1, 0.15) is 17.5 Å². The van der Waals surface area contributed by atoms with E-state index in [2.05, 4.69) is 14.9 Å². The van der Waals surface area contributed by atoms with Crippen LogP contribution in [0.1, 0.15) is 30.5 Å². The van der Waals surface area contributed by atoms with E-state index in [1.165, 1.54) is 0 Å². The quantitative estimate of drug-likeness (QED) is 0.772. The Labute approximate surface area is 151 Å². The number of fused-ring (bicyclic) bond motifs is 1. The summed E-state index contributed by atoms with van der Waals surface area (Å²) in [7, 11) is 0. The van der Waals surface area contributed by atoms with Crippen LogP contribution in [0.15, 0.2) is 41.3 Å². The Morgan fingerprint density at radius 3 is 2.88 bits per heavy atom. The van der Waals surface area contributed by atoms with E-state index < -0.39 is 0 Å². The highest BCUT2D eigenvalue weighted by Gasteiger charge is 2.31. The second-order valence-corrected chi connectivity index (χ2v) is 6.48. The molecular formula is C19H21N5O2. The third-order valence-corrected chi connectivity index (χ3v) is 4.82. The number of aliphatic hydroxyl groups is 1. The maximum atomic E-state index is 13.0. The van der Waals surface area contributed by atoms with Crippen molar-refractivity contribution < 1.29 is 5.11 Å². The zero-order valence-corrected chi connectivity index (χ0v) is 14.7. The van der Waals surface area contributed by atoms with E-state index in [9.17, 15) is 9.90 Å². The predicted octanol–water partition coefficient (Wildman–Crippen LogP) is 1.83. The van der Waals surface area contributed by atoms with Gasteiger partial charge in [-0.3, -0.25) is 9.36 Å². The summed E-state index contributed by atoms with van der Waals surface area (Å²) in [6, 6.07) is 9.20. The van der Waals surface area contributed by atoms with E-state index in [0.29, 0.717) is 22.6 Å². The lowest BCUT2D eigenvalue weighted by atomic mass is 10.1. The van der Waals surface area contributed by atoms with Gasteiger partial charge in [0.05, 0.1) is 30.1 Å². The van der Waals surface area contributed by atoms with E-state index in [-0.39, 0.29) is 24.8 Å². The van der Waals surface area contributed by atoms with Gasteiger partial charge in [0.25, 0.3) is 5.56 Å². The van der Waals surface area contributed by atoms with Crippen LogP contribution in [0, 0.1) is 6.92 Å². The molecule has 3 aromatic rings. The van der Waals surface area contributed by atoms with Gasteiger partial charge in [0.15, 0.2) is 0 Å². The number of rotatable bonds is 4. The molecule has 0 spiro atoms. The molecule has 1 saturated heterocycles. The van der Waals surface area contributed by atoms with Gasteiger partial charge in [-0.2, -0.15) is 0 Å². The Balaban J connectivity index is 1.86. The lowest BCUT2D eigenvalue weighted by molar-refractivity contribution is 0.270. The Morgan fingerprint density at radius 1 is 1.23 bits per heavy atom. The second kappa shape index (κ2) is 6.84. The van der Waals surface area contributed by atoms with Crippen molar-refractivity contribution in [2.75, 3.05) is 18.1 Å². The molecule has 1 atom stereocenters. The molecule has 4 rings (SSSR count). The number of anilines is 1. The van der Waals surface area contributed by atoms with Gasteiger partial charge in [-0.25, -0.2) is 15.0 Å². The summed E-state index contributed by atoms with van der Waals surface area (Å²) in [5.41, 5.74) is 0.581. The van der Waals surface area contributed by atoms with Crippen molar-refractivity contribution in [3.8, 4) is 0 Å². The number of para-hydroxylation sites is 1. The van der Waals surface area contributed by atoms with Crippen LogP contribution < -0.4 is 10.5 Å². The first-order valence-electron chi connectivity index (χ1n) is 8.85. The van der Waals surface area contributed by atoms with Gasteiger partial charge < -0.3 is 10.0 Å². The van der Waals surface area contributed by atoms with Crippen LogP contribution in [-0.4, -0.2) is 37.8 Å². The molecule has 1 aliphatic rings. The minimum atomic E-state index is -0.106. The lowest BCUT2D eigenvalue weighted by Gasteiger charge is -2.27. The van der Waals surface area contributed by atoms with Crippen molar-refractivity contribution in [3.63, 3.8) is 0 Å². The highest BCUT2D eigenvalue weighted by Crippen LogP contribution is 2.34. The molecule has 0 amide bonds. The molecule has 1 fully saturated rings. The van der Waals surface area contributed by atoms with E-state index in [0.717, 1.165) is 25.2 Å². The fraction of sp³-hybridized carbons (Fsp3) is 0.368. The third kappa shape index (κ3) is 2.84. The van der Waals surface area contributed by atoms with Gasteiger partial charge >= 0.3 is 0 Å². The summed E-state index contributed by atoms with van der Waals surface area (Å²) in [4.78, 5) is 28.7. The SMILES string of the molecule is Cc1nccc(N2CCCC2c2nc3ccccc3c(=O)n2CCO)n1. The number of aromatic nitrogens is 4. The number of aliphatic hydroxyl groups excluding tert-OH is 1. The number of nitrogens with zero attached hydrogens (tertiary/aromatic N) is 5. The molecule has 0 bridgehead atoms. The zero-order valence-electron chi connectivity index (χ0n) is 14.7. The molecule has 1 aromatic carbocycles. The monoisotopic (exact) mass is 351 g/mol. The minimum absolute atomic E-state index is 0.0480. The fourth-order valence-electron chi connectivity index (χ4n) is 3.67. The van der Waals surface area contributed by atoms with E-state index in [1.54, 1.807) is 16.8 Å². The van der Waals surface area contributed by atoms with Crippen molar-refractivity contribution in [2.24, 2.45) is 0 Å². The van der Waals surface area contributed by atoms with Gasteiger partial charge in [-0.1, -0.05) is 12.1 Å². The molecule has 1 unspecified atom stereocenters. The molecule has 7 heteroatoms. The first-order chi connectivity index (χ1) is 12.7. The van der Waals surface area contributed by atoms with Gasteiger partial charge in [0, 0.05) is 12.7 Å². The fourth-order valence-corrected chi connectivity index (χ4v) is 3.67. The molecule has 2 aromatic heterocycles. The average Bonchev–Trinajstić information content (AvgIpc) is 3.14. The summed E-state index contributed by atoms with van der Waals surface area (Å²) < 4.78 is 1.61. The van der Waals surface area contributed by atoms with Crippen molar-refractivity contribution in [2.45, 2.75) is 32.4 Å². The van der Waals surface area contributed by atoms with Crippen molar-refractivity contribution in [3.05, 3.63) is 58.5 Å². The van der Waals surface area contributed by atoms with Gasteiger partial charge in [0.2, 0.25) is 0 Å². The van der Waals surface area contributed by atoms with Crippen LogP contribution >= 0.6 is 0 Å². The van der Waals surface area contributed by atoms with Crippen LogP contribution in [-0.2, 0) is 6.54 Å². The molecule has 3 heterocycles. The molecule has 1 N–H and O–H groups in total. The predicted molar refractivity (Wildman–Crippen MR) is 99.2 cm³/mol. The average molecular weight is 351 g/mol. The maximum absolute atomic E-state index is 13.0. The number of hydrogen-bond acceptors (Lipinski definition) is 6. The maximum Gasteiger partial charge on any atom is 0.261 e. The van der Waals surface area contributed by atoms with Crippen LogP contribution in [0.4, 0.5) is 5.82 Å². The number of aryl methyl sites for hydroxylation is 1. The third-order valence-electron chi connectivity index (χ3n) is 4.82. The Kier molecular flexibility index (Phi) is 4.38. The van der Waals surface area contributed by atoms with Crippen LogP contribution in [0.5, 0.6) is 0 Å². The molecule has 7 nitrogen and oxygen atoms in total. The highest BCUT2D eigenvalue weighted by molar-refractivity contribution is 5.77. The first kappa shape index (κ1) is 16.7. The van der Waals surface area contributed by atoms with Gasteiger partial charge in [-0.05, 0) is 38.0 Å². The van der Waals surface area contributed by atoms with E-state index in [4.69, 9.17) is 4.98 Å². The zero-order chi connectivity index (χ0) is 18.1. The topological polar surface area (TPSA) is 84.1 Å². The summed E-state index contributed by atoms with van der Waals surface area (Å²) in [6.07, 6.45) is 3.64. The van der Waals surface area contributed by atoms with Gasteiger partial charge in [-0.15, -0.1) is 0 Å². The summed E-state index contributed by atoms with van der Waals surface area (Å²) in [5.74, 6) is 2.25. The number of hydrogen-bond donors (Lipinski definition) is 1. The minimum Gasteiger partial charge on any atom is -0.395 e. The standard InChI is InChI=1S/C19H21N5O2/c1-13-20-9-8-17(21-13)23-10-4-7-16(23)18-22-15-6-3-2-5-14(15)19(26)24(18)11-12-25/h2-3,5-6,8-9,16,25H,4,7,10-12H2,1H3. The largest absolute Gasteiger partial charge is 0.395 e. The first-order valence-corrected chi connectivity index (χ1v) is 8.85. The van der Waals surface area contributed by atoms with Crippen LogP contribution in [0.3, 0.4) is 0 Å². The molecule has 0 saturated carbocycles. The molecule has 1 aliphatic heterocycles. The summed E-state index contributed by atoms with van der Waals surface area (Å²) >= 11 is 0.